The van der Waals surface area contributed by atoms with Crippen molar-refractivity contribution in [1.29, 1.82) is 0 Å². The largest absolute Gasteiger partial charge is 0.480 e. The number of aromatic nitrogens is 2. The lowest BCUT2D eigenvalue weighted by Crippen LogP contribution is -2.30. The van der Waals surface area contributed by atoms with Crippen molar-refractivity contribution in [3.63, 3.8) is 0 Å². The van der Waals surface area contributed by atoms with E-state index >= 15 is 0 Å². The van der Waals surface area contributed by atoms with E-state index in [2.05, 4.69) is 10.2 Å². The third-order valence-corrected chi connectivity index (χ3v) is 2.90. The first-order valence-corrected chi connectivity index (χ1v) is 6.16. The Bertz CT molecular complexity index is 342. The summed E-state index contributed by atoms with van der Waals surface area (Å²) in [5.41, 5.74) is 5.36. The normalized spacial score (nSPS) is 12.6. The molecule has 0 aliphatic rings. The summed E-state index contributed by atoms with van der Waals surface area (Å²) >= 11 is 1.54. The van der Waals surface area contributed by atoms with Crippen molar-refractivity contribution in [2.24, 2.45) is 5.73 Å². The van der Waals surface area contributed by atoms with Crippen molar-refractivity contribution in [3.05, 3.63) is 11.8 Å². The molecule has 3 N–H and O–H groups in total. The summed E-state index contributed by atoms with van der Waals surface area (Å²) < 4.78 is 5.30. The van der Waals surface area contributed by atoms with Crippen LogP contribution in [-0.2, 0) is 17.0 Å². The Labute approximate surface area is 97.6 Å². The predicted octanol–water partition coefficient (Wildman–Crippen LogP) is 0.667. The molecule has 0 amide bonds. The number of nitrogens with two attached hydrogens (primary N) is 1. The van der Waals surface area contributed by atoms with E-state index in [4.69, 9.17) is 15.3 Å². The molecule has 0 fully saturated rings. The fourth-order valence-corrected chi connectivity index (χ4v) is 1.84. The van der Waals surface area contributed by atoms with Crippen LogP contribution in [0.5, 0.6) is 0 Å². The average molecular weight is 245 g/mol. The summed E-state index contributed by atoms with van der Waals surface area (Å²) in [4.78, 5) is 10.4. The van der Waals surface area contributed by atoms with Gasteiger partial charge in [0.05, 0.1) is 5.75 Å². The zero-order valence-electron chi connectivity index (χ0n) is 9.05. The van der Waals surface area contributed by atoms with Gasteiger partial charge >= 0.3 is 5.97 Å². The van der Waals surface area contributed by atoms with Crippen molar-refractivity contribution < 1.29 is 14.3 Å². The molecule has 0 saturated heterocycles. The second-order valence-electron chi connectivity index (χ2n) is 3.23. The predicted molar refractivity (Wildman–Crippen MR) is 60.1 cm³/mol. The zero-order chi connectivity index (χ0) is 12.0. The molecule has 16 heavy (non-hydrogen) atoms. The van der Waals surface area contributed by atoms with Crippen LogP contribution < -0.4 is 5.73 Å². The first kappa shape index (κ1) is 13.0. The Hall–Kier alpha value is -1.08. The molecule has 1 aromatic heterocycles. The second kappa shape index (κ2) is 6.49. The van der Waals surface area contributed by atoms with Crippen molar-refractivity contribution in [2.75, 3.05) is 5.75 Å². The monoisotopic (exact) mass is 245 g/mol. The van der Waals surface area contributed by atoms with Gasteiger partial charge in [0.15, 0.2) is 0 Å². The topological polar surface area (TPSA) is 102 Å². The second-order valence-corrected chi connectivity index (χ2v) is 4.33. The molecule has 7 heteroatoms. The number of rotatable bonds is 7. The Morgan fingerprint density at radius 3 is 2.81 bits per heavy atom. The van der Waals surface area contributed by atoms with Crippen molar-refractivity contribution in [3.8, 4) is 0 Å². The van der Waals surface area contributed by atoms with Gasteiger partial charge in [0.25, 0.3) is 0 Å². The molecule has 0 radical (unpaired) electrons. The van der Waals surface area contributed by atoms with Gasteiger partial charge in [-0.3, -0.25) is 4.79 Å². The molecular formula is C9H15N3O3S. The highest BCUT2D eigenvalue weighted by Crippen LogP contribution is 2.12. The standard InChI is InChI=1S/C9H15N3O3S/c1-2-7-11-12-8(15-7)5-16-4-3-6(10)9(13)14/h6H,2-5,10H2,1H3,(H,13,14). The van der Waals surface area contributed by atoms with E-state index in [1.165, 1.54) is 11.8 Å². The molecule has 0 saturated carbocycles. The Morgan fingerprint density at radius 2 is 2.25 bits per heavy atom. The maximum Gasteiger partial charge on any atom is 0.320 e. The molecule has 0 aromatic carbocycles. The molecule has 90 valence electrons. The van der Waals surface area contributed by atoms with Crippen LogP contribution >= 0.6 is 11.8 Å². The van der Waals surface area contributed by atoms with Crippen LogP contribution in [0, 0.1) is 0 Å². The van der Waals surface area contributed by atoms with Crippen LogP contribution in [-0.4, -0.2) is 33.1 Å². The molecule has 1 aromatic rings. The van der Waals surface area contributed by atoms with Gasteiger partial charge in [-0.2, -0.15) is 11.8 Å². The van der Waals surface area contributed by atoms with E-state index in [0.717, 1.165) is 6.42 Å². The van der Waals surface area contributed by atoms with E-state index in [1.807, 2.05) is 6.92 Å². The molecule has 0 aliphatic heterocycles. The number of carbonyl (C=O) groups is 1. The summed E-state index contributed by atoms with van der Waals surface area (Å²) in [7, 11) is 0. The molecule has 1 rings (SSSR count). The Morgan fingerprint density at radius 1 is 1.56 bits per heavy atom. The van der Waals surface area contributed by atoms with E-state index in [9.17, 15) is 4.79 Å². The molecule has 0 aliphatic carbocycles. The lowest BCUT2D eigenvalue weighted by atomic mass is 10.2. The number of aliphatic carboxylic acids is 1. The highest BCUT2D eigenvalue weighted by atomic mass is 32.2. The highest BCUT2D eigenvalue weighted by molar-refractivity contribution is 7.98. The van der Waals surface area contributed by atoms with E-state index in [-0.39, 0.29) is 0 Å². The summed E-state index contributed by atoms with van der Waals surface area (Å²) in [5, 5.41) is 16.2. The molecule has 0 spiro atoms. The number of carboxylic acids is 1. The average Bonchev–Trinajstić information content (AvgIpc) is 2.71. The zero-order valence-corrected chi connectivity index (χ0v) is 9.87. The van der Waals surface area contributed by atoms with Gasteiger partial charge in [0.1, 0.15) is 6.04 Å². The van der Waals surface area contributed by atoms with Gasteiger partial charge in [-0.05, 0) is 12.2 Å². The van der Waals surface area contributed by atoms with Crippen molar-refractivity contribution in [1.82, 2.24) is 10.2 Å². The molecule has 1 unspecified atom stereocenters. The Balaban J connectivity index is 2.18. The number of hydrogen-bond donors (Lipinski definition) is 2. The third-order valence-electron chi connectivity index (χ3n) is 1.93. The fraction of sp³-hybridized carbons (Fsp3) is 0.667. The lowest BCUT2D eigenvalue weighted by Gasteiger charge is -2.04. The first-order chi connectivity index (χ1) is 7.63. The number of aryl methyl sites for hydroxylation is 1. The van der Waals surface area contributed by atoms with Crippen molar-refractivity contribution in [2.45, 2.75) is 31.6 Å². The van der Waals surface area contributed by atoms with Crippen LogP contribution in [0.3, 0.4) is 0 Å². The fourth-order valence-electron chi connectivity index (χ4n) is 0.983. The van der Waals surface area contributed by atoms with Gasteiger partial charge in [-0.25, -0.2) is 0 Å². The van der Waals surface area contributed by atoms with Crippen LogP contribution in [0.1, 0.15) is 25.1 Å². The quantitative estimate of drug-likeness (QED) is 0.680. The van der Waals surface area contributed by atoms with Gasteiger partial charge in [0.2, 0.25) is 11.8 Å². The first-order valence-electron chi connectivity index (χ1n) is 5.01. The van der Waals surface area contributed by atoms with Gasteiger partial charge in [-0.15, -0.1) is 10.2 Å². The summed E-state index contributed by atoms with van der Waals surface area (Å²) in [6.07, 6.45) is 1.16. The maximum absolute atomic E-state index is 10.4. The molecular weight excluding hydrogens is 230 g/mol. The SMILES string of the molecule is CCc1nnc(CSCCC(N)C(=O)O)o1. The van der Waals surface area contributed by atoms with E-state index in [0.29, 0.717) is 29.7 Å². The number of carboxylic acid groups (broad SMARTS) is 1. The van der Waals surface area contributed by atoms with Crippen LogP contribution in [0.2, 0.25) is 0 Å². The smallest absolute Gasteiger partial charge is 0.320 e. The highest BCUT2D eigenvalue weighted by Gasteiger charge is 2.11. The Kier molecular flexibility index (Phi) is 5.27. The van der Waals surface area contributed by atoms with Crippen molar-refractivity contribution >= 4 is 17.7 Å². The molecule has 1 atom stereocenters. The minimum absolute atomic E-state index is 0.439. The molecule has 0 bridgehead atoms. The third kappa shape index (κ3) is 4.19. The number of nitrogens with zero attached hydrogens (tertiary/aromatic N) is 2. The molecule has 6 nitrogen and oxygen atoms in total. The summed E-state index contributed by atoms with van der Waals surface area (Å²) in [6.45, 7) is 1.94. The maximum atomic E-state index is 10.4. The van der Waals surface area contributed by atoms with Crippen LogP contribution in [0.25, 0.3) is 0 Å². The van der Waals surface area contributed by atoms with Gasteiger partial charge in [-0.1, -0.05) is 6.92 Å². The minimum atomic E-state index is -0.966. The van der Waals surface area contributed by atoms with Gasteiger partial charge in [0, 0.05) is 6.42 Å². The summed E-state index contributed by atoms with van der Waals surface area (Å²) in [5.74, 6) is 1.49. The number of thioether (sulfide) groups is 1. The summed E-state index contributed by atoms with van der Waals surface area (Å²) in [6, 6.07) is -0.790. The lowest BCUT2D eigenvalue weighted by molar-refractivity contribution is -0.138. The van der Waals surface area contributed by atoms with Crippen LogP contribution in [0.15, 0.2) is 4.42 Å². The number of hydrogen-bond acceptors (Lipinski definition) is 6. The molecule has 1 heterocycles. The van der Waals surface area contributed by atoms with Gasteiger partial charge < -0.3 is 15.3 Å². The van der Waals surface area contributed by atoms with E-state index in [1.54, 1.807) is 0 Å². The minimum Gasteiger partial charge on any atom is -0.480 e. The van der Waals surface area contributed by atoms with E-state index < -0.39 is 12.0 Å². The van der Waals surface area contributed by atoms with Crippen LogP contribution in [0.4, 0.5) is 0 Å².